The Kier molecular flexibility index (Phi) is 6.65. The van der Waals surface area contributed by atoms with Crippen molar-refractivity contribution >= 4 is 44.8 Å². The number of hydrogen-bond donors (Lipinski definition) is 1. The highest BCUT2D eigenvalue weighted by Crippen LogP contribution is 2.26. The number of anilines is 1. The highest BCUT2D eigenvalue weighted by molar-refractivity contribution is 7.88. The number of sulfonamides is 1. The molecular formula is C20H22Cl2N2O3S. The molecule has 0 aliphatic carbocycles. The number of hydrogen-bond acceptors (Lipinski definition) is 3. The number of piperidine rings is 1. The lowest BCUT2D eigenvalue weighted by molar-refractivity contribution is -0.120. The predicted molar refractivity (Wildman–Crippen MR) is 113 cm³/mol. The van der Waals surface area contributed by atoms with Crippen LogP contribution in [0.2, 0.25) is 10.0 Å². The molecule has 0 radical (unpaired) electrons. The molecule has 1 atom stereocenters. The normalized spacial score (nSPS) is 18.0. The van der Waals surface area contributed by atoms with Crippen molar-refractivity contribution in [3.63, 3.8) is 0 Å². The molecule has 2 aromatic carbocycles. The van der Waals surface area contributed by atoms with Gasteiger partial charge in [-0.3, -0.25) is 4.79 Å². The van der Waals surface area contributed by atoms with E-state index in [0.29, 0.717) is 35.0 Å². The summed E-state index contributed by atoms with van der Waals surface area (Å²) < 4.78 is 27.1. The van der Waals surface area contributed by atoms with Crippen molar-refractivity contribution in [2.45, 2.75) is 25.5 Å². The largest absolute Gasteiger partial charge is 0.326 e. The zero-order valence-corrected chi connectivity index (χ0v) is 17.8. The van der Waals surface area contributed by atoms with Gasteiger partial charge in [-0.05, 0) is 55.2 Å². The van der Waals surface area contributed by atoms with Gasteiger partial charge in [-0.2, -0.15) is 0 Å². The number of carbonyl (C=O) groups excluding carboxylic acids is 1. The fourth-order valence-corrected chi connectivity index (χ4v) is 5.23. The summed E-state index contributed by atoms with van der Waals surface area (Å²) in [5, 5.41) is 3.60. The van der Waals surface area contributed by atoms with Crippen molar-refractivity contribution in [3.8, 4) is 0 Å². The SMILES string of the molecule is Cc1cccc(NC(=O)[C@H]2CCCN(S(=O)(=O)Cc3ccc(Cl)c(Cl)c3)C2)c1. The van der Waals surface area contributed by atoms with Gasteiger partial charge in [0, 0.05) is 18.8 Å². The van der Waals surface area contributed by atoms with E-state index in [0.717, 1.165) is 11.3 Å². The van der Waals surface area contributed by atoms with E-state index in [1.807, 2.05) is 31.2 Å². The summed E-state index contributed by atoms with van der Waals surface area (Å²) in [6.07, 6.45) is 1.31. The second kappa shape index (κ2) is 8.82. The second-order valence-corrected chi connectivity index (χ2v) is 9.84. The van der Waals surface area contributed by atoms with Crippen LogP contribution < -0.4 is 5.32 Å². The van der Waals surface area contributed by atoms with E-state index < -0.39 is 10.0 Å². The molecule has 0 aromatic heterocycles. The Labute approximate surface area is 175 Å². The summed E-state index contributed by atoms with van der Waals surface area (Å²) in [4.78, 5) is 12.6. The number of nitrogens with one attached hydrogen (secondary N) is 1. The molecule has 1 aliphatic heterocycles. The fraction of sp³-hybridized carbons (Fsp3) is 0.350. The molecule has 1 heterocycles. The molecule has 1 N–H and O–H groups in total. The van der Waals surface area contributed by atoms with Gasteiger partial charge in [0.15, 0.2) is 0 Å². The van der Waals surface area contributed by atoms with Gasteiger partial charge in [-0.1, -0.05) is 41.4 Å². The lowest BCUT2D eigenvalue weighted by Gasteiger charge is -2.31. The van der Waals surface area contributed by atoms with Crippen LogP contribution in [0, 0.1) is 12.8 Å². The van der Waals surface area contributed by atoms with Crippen LogP contribution in [0.15, 0.2) is 42.5 Å². The van der Waals surface area contributed by atoms with Gasteiger partial charge >= 0.3 is 0 Å². The standard InChI is InChI=1S/C20H22Cl2N2O3S/c1-14-4-2-6-17(10-14)23-20(25)16-5-3-9-24(12-16)28(26,27)13-15-7-8-18(21)19(22)11-15/h2,4,6-8,10-11,16H,3,5,9,12-13H2,1H3,(H,23,25)/t16-/m0/s1. The quantitative estimate of drug-likeness (QED) is 0.744. The van der Waals surface area contributed by atoms with E-state index in [9.17, 15) is 13.2 Å². The first kappa shape index (κ1) is 21.1. The van der Waals surface area contributed by atoms with Gasteiger partial charge in [-0.25, -0.2) is 12.7 Å². The molecule has 3 rings (SSSR count). The Morgan fingerprint density at radius 2 is 1.96 bits per heavy atom. The zero-order chi connectivity index (χ0) is 20.3. The molecule has 1 saturated heterocycles. The van der Waals surface area contributed by atoms with Crippen molar-refractivity contribution < 1.29 is 13.2 Å². The van der Waals surface area contributed by atoms with Crippen LogP contribution in [0.3, 0.4) is 0 Å². The van der Waals surface area contributed by atoms with Crippen molar-refractivity contribution in [1.82, 2.24) is 4.31 Å². The summed E-state index contributed by atoms with van der Waals surface area (Å²) in [7, 11) is -3.56. The Bertz CT molecular complexity index is 979. The maximum atomic E-state index is 12.8. The molecule has 0 unspecified atom stereocenters. The first-order valence-electron chi connectivity index (χ1n) is 9.04. The highest BCUT2D eigenvalue weighted by atomic mass is 35.5. The maximum Gasteiger partial charge on any atom is 0.228 e. The number of rotatable bonds is 5. The smallest absolute Gasteiger partial charge is 0.228 e. The minimum absolute atomic E-state index is 0.153. The number of benzene rings is 2. The lowest BCUT2D eigenvalue weighted by atomic mass is 9.98. The fourth-order valence-electron chi connectivity index (χ4n) is 3.31. The Balaban J connectivity index is 1.67. The number of nitrogens with zero attached hydrogens (tertiary/aromatic N) is 1. The molecular weight excluding hydrogens is 419 g/mol. The maximum absolute atomic E-state index is 12.8. The Hall–Kier alpha value is -1.60. The molecule has 1 fully saturated rings. The molecule has 0 bridgehead atoms. The van der Waals surface area contributed by atoms with Crippen LogP contribution in [0.5, 0.6) is 0 Å². The third kappa shape index (κ3) is 5.26. The first-order valence-corrected chi connectivity index (χ1v) is 11.4. The average Bonchev–Trinajstić information content (AvgIpc) is 2.65. The molecule has 1 aliphatic rings. The Morgan fingerprint density at radius 3 is 2.68 bits per heavy atom. The van der Waals surface area contributed by atoms with Gasteiger partial charge in [0.05, 0.1) is 21.7 Å². The number of amides is 1. The van der Waals surface area contributed by atoms with Crippen molar-refractivity contribution in [2.24, 2.45) is 5.92 Å². The predicted octanol–water partition coefficient (Wildman–Crippen LogP) is 4.48. The number of carbonyl (C=O) groups is 1. The topological polar surface area (TPSA) is 66.5 Å². The van der Waals surface area contributed by atoms with Crippen LogP contribution in [0.1, 0.15) is 24.0 Å². The van der Waals surface area contributed by atoms with Crippen LogP contribution in [0.25, 0.3) is 0 Å². The van der Waals surface area contributed by atoms with Gasteiger partial charge in [0.1, 0.15) is 0 Å². The van der Waals surface area contributed by atoms with Crippen molar-refractivity contribution in [2.75, 3.05) is 18.4 Å². The van der Waals surface area contributed by atoms with Crippen LogP contribution in [-0.2, 0) is 20.6 Å². The van der Waals surface area contributed by atoms with Gasteiger partial charge in [0.2, 0.25) is 15.9 Å². The minimum Gasteiger partial charge on any atom is -0.326 e. The monoisotopic (exact) mass is 440 g/mol. The van der Waals surface area contributed by atoms with E-state index in [4.69, 9.17) is 23.2 Å². The van der Waals surface area contributed by atoms with Crippen LogP contribution >= 0.6 is 23.2 Å². The molecule has 0 saturated carbocycles. The summed E-state index contributed by atoms with van der Waals surface area (Å²) >= 11 is 11.9. The summed E-state index contributed by atoms with van der Waals surface area (Å²) in [5.41, 5.74) is 2.34. The third-order valence-corrected chi connectivity index (χ3v) is 7.32. The molecule has 150 valence electrons. The molecule has 0 spiro atoms. The third-order valence-electron chi connectivity index (χ3n) is 4.77. The summed E-state index contributed by atoms with van der Waals surface area (Å²) in [6.45, 7) is 2.55. The highest BCUT2D eigenvalue weighted by Gasteiger charge is 2.32. The molecule has 2 aromatic rings. The van der Waals surface area contributed by atoms with Crippen molar-refractivity contribution in [1.29, 1.82) is 0 Å². The van der Waals surface area contributed by atoms with E-state index in [-0.39, 0.29) is 24.1 Å². The van der Waals surface area contributed by atoms with Gasteiger partial charge in [0.25, 0.3) is 0 Å². The molecule has 1 amide bonds. The number of halogens is 2. The molecule has 8 heteroatoms. The molecule has 5 nitrogen and oxygen atoms in total. The van der Waals surface area contributed by atoms with Crippen molar-refractivity contribution in [3.05, 3.63) is 63.6 Å². The molecule has 28 heavy (non-hydrogen) atoms. The second-order valence-electron chi connectivity index (χ2n) is 7.06. The summed E-state index contributed by atoms with van der Waals surface area (Å²) in [5.74, 6) is -0.700. The Morgan fingerprint density at radius 1 is 1.18 bits per heavy atom. The van der Waals surface area contributed by atoms with Crippen LogP contribution in [-0.4, -0.2) is 31.7 Å². The van der Waals surface area contributed by atoms with E-state index in [1.54, 1.807) is 18.2 Å². The minimum atomic E-state index is -3.56. The van der Waals surface area contributed by atoms with Crippen LogP contribution in [0.4, 0.5) is 5.69 Å². The zero-order valence-electron chi connectivity index (χ0n) is 15.5. The van der Waals surface area contributed by atoms with Gasteiger partial charge in [-0.15, -0.1) is 0 Å². The lowest BCUT2D eigenvalue weighted by Crippen LogP contribution is -2.44. The summed E-state index contributed by atoms with van der Waals surface area (Å²) in [6, 6.07) is 12.3. The number of aryl methyl sites for hydroxylation is 1. The first-order chi connectivity index (χ1) is 13.2. The average molecular weight is 441 g/mol. The van der Waals surface area contributed by atoms with E-state index in [2.05, 4.69) is 5.32 Å². The van der Waals surface area contributed by atoms with E-state index >= 15 is 0 Å². The van der Waals surface area contributed by atoms with E-state index in [1.165, 1.54) is 4.31 Å². The van der Waals surface area contributed by atoms with Gasteiger partial charge < -0.3 is 5.32 Å².